The van der Waals surface area contributed by atoms with Crippen LogP contribution >= 0.6 is 11.8 Å². The summed E-state index contributed by atoms with van der Waals surface area (Å²) in [5.74, 6) is -17.7. The first-order chi connectivity index (χ1) is 70.9. The predicted molar refractivity (Wildman–Crippen MR) is 522 cm³/mol. The van der Waals surface area contributed by atoms with Gasteiger partial charge >= 0.3 is 23.9 Å². The number of carbonyl (C=O) groups excluding carboxylic acids is 18. The number of carboxylic acid groups (broad SMARTS) is 2. The third-order valence-electron chi connectivity index (χ3n) is 26.0. The number of aromatic hydroxyl groups is 1. The molecule has 1 aromatic carbocycles. The van der Waals surface area contributed by atoms with Crippen LogP contribution in [0, 0.1) is 0 Å². The zero-order valence-electron chi connectivity index (χ0n) is 83.6. The van der Waals surface area contributed by atoms with Gasteiger partial charge in [-0.1, -0.05) is 20.3 Å². The van der Waals surface area contributed by atoms with Gasteiger partial charge in [0.1, 0.15) is 92.5 Å². The number of nitrogens with two attached hydrogens (primary N) is 2. The van der Waals surface area contributed by atoms with E-state index in [1.165, 1.54) is 22.5 Å². The van der Waals surface area contributed by atoms with Crippen molar-refractivity contribution in [3.05, 3.63) is 56.9 Å². The summed E-state index contributed by atoms with van der Waals surface area (Å²) >= 11 is 0.805. The Morgan fingerprint density at radius 1 is 0.568 bits per heavy atom. The van der Waals surface area contributed by atoms with E-state index in [2.05, 4.69) is 53.2 Å². The van der Waals surface area contributed by atoms with Gasteiger partial charge in [-0.3, -0.25) is 101 Å². The Balaban J connectivity index is 0.660. The van der Waals surface area contributed by atoms with E-state index in [-0.39, 0.29) is 185 Å². The lowest BCUT2D eigenvalue weighted by Gasteiger charge is -2.35. The van der Waals surface area contributed by atoms with E-state index in [0.717, 1.165) is 43.0 Å². The number of esters is 2. The monoisotopic (exact) mass is 2100 g/mol. The molecule has 19 N–H and O–H groups in total. The highest BCUT2D eigenvalue weighted by Crippen LogP contribution is 2.43. The summed E-state index contributed by atoms with van der Waals surface area (Å²) in [7, 11) is 0. The number of nitrogens with one attached hydrogen (secondary N) is 10. The molecular formula is C96H138N18O33S. The van der Waals surface area contributed by atoms with Crippen molar-refractivity contribution in [2.45, 2.75) is 260 Å². The molecule has 148 heavy (non-hydrogen) atoms. The zero-order chi connectivity index (χ0) is 108. The molecule has 0 saturated carbocycles. The molecule has 8 heterocycles. The molecule has 0 spiro atoms. The van der Waals surface area contributed by atoms with Crippen molar-refractivity contribution in [2.24, 2.45) is 11.5 Å². The predicted octanol–water partition coefficient (Wildman–Crippen LogP) is -4.34. The number of ether oxygens (including phenoxy) is 7. The number of imide groups is 1. The van der Waals surface area contributed by atoms with Gasteiger partial charge in [-0.15, -0.1) is 11.8 Å². The molecule has 0 radical (unpaired) electrons. The third kappa shape index (κ3) is 33.5. The number of rotatable bonds is 65. The van der Waals surface area contributed by atoms with Crippen LogP contribution in [0.5, 0.6) is 5.75 Å². The lowest BCUT2D eigenvalue weighted by atomic mass is 9.85. The van der Waals surface area contributed by atoms with E-state index in [9.17, 15) is 126 Å². The number of fused-ring (bicyclic) bond motifs is 5. The van der Waals surface area contributed by atoms with E-state index >= 15 is 0 Å². The van der Waals surface area contributed by atoms with E-state index in [1.807, 2.05) is 13.8 Å². The average molecular weight is 2100 g/mol. The van der Waals surface area contributed by atoms with Gasteiger partial charge in [-0.25, -0.2) is 9.78 Å². The fourth-order valence-electron chi connectivity index (χ4n) is 18.3. The number of aliphatic carboxylic acids is 2. The van der Waals surface area contributed by atoms with Crippen LogP contribution in [-0.2, 0) is 154 Å². The number of aliphatic hydroxyl groups excluding tert-OH is 2. The minimum atomic E-state index is -2.11. The summed E-state index contributed by atoms with van der Waals surface area (Å²) in [5.41, 5.74) is 12.0. The second kappa shape index (κ2) is 59.3. The van der Waals surface area contributed by atoms with Gasteiger partial charge in [-0.05, 0) is 159 Å². The number of pyridine rings is 2. The summed E-state index contributed by atoms with van der Waals surface area (Å²) in [4.78, 5) is 292. The Hall–Kier alpha value is -13.0. The number of likely N-dealkylation sites (tertiary alicyclic amines) is 4. The molecule has 52 heteroatoms. The Kier molecular flexibility index (Phi) is 47.5. The molecule has 51 nitrogen and oxygen atoms in total. The first kappa shape index (κ1) is 119. The number of thioether (sulfide) groups is 1. The van der Waals surface area contributed by atoms with Crippen LogP contribution < -0.4 is 70.2 Å². The molecule has 816 valence electrons. The van der Waals surface area contributed by atoms with Crippen molar-refractivity contribution in [3.8, 4) is 17.1 Å². The highest BCUT2D eigenvalue weighted by Gasteiger charge is 2.52. The molecule has 6 aliphatic rings. The Bertz CT molecular complexity index is 5320. The molecule has 0 aliphatic carbocycles. The number of nitrogens with zero attached hydrogens (tertiary/aromatic N) is 6. The second-order valence-corrected chi connectivity index (χ2v) is 37.6. The maximum Gasteiger partial charge on any atom is 0.355 e. The molecular weight excluding hydrogens is 1970 g/mol. The molecule has 3 aromatic rings. The van der Waals surface area contributed by atoms with Gasteiger partial charge in [0.2, 0.25) is 100 Å². The van der Waals surface area contributed by atoms with Gasteiger partial charge in [-0.2, -0.15) is 0 Å². The SMILES string of the molecule is CCOCCOCC(=O)NCCCCC(NC(=O)COCCOCCOCCNC(=O)CCCCCN1C(=O)CC(SC[C@H](NC(=O)[C@H](CCC(=O)O)NC(=O)[C@H](CCC(=O)O)NC(=O)[C@@H]2CCCN2C(=O)[C@@H]2CCCN2C(=O)[C@H](CO)NC(=O)[C@H](CO)NC(=O)[C@@H]2CCCN2C(=O)[C@H](CCCCN)NC(C)=O)C(N)=O)C1=O)C(=O)NCC(=O)O[C@]1(CC)C(=O)OCc2c1cc1n(c2=O)Cc2c-1nc1ccc(O)cc1c2CC. The molecule has 16 amide bonds. The number of benzene rings is 1. The second-order valence-electron chi connectivity index (χ2n) is 36.3. The minimum Gasteiger partial charge on any atom is -0.508 e. The van der Waals surface area contributed by atoms with Crippen LogP contribution in [0.25, 0.3) is 22.3 Å². The number of hydrogen-bond donors (Lipinski definition) is 17. The fraction of sp³-hybridized carbons (Fsp3) is 0.646. The van der Waals surface area contributed by atoms with Crippen molar-refractivity contribution >= 4 is 141 Å². The number of hydrogen-bond acceptors (Lipinski definition) is 34. The zero-order valence-corrected chi connectivity index (χ0v) is 84.4. The van der Waals surface area contributed by atoms with Crippen LogP contribution in [-0.4, -0.2) is 376 Å². The van der Waals surface area contributed by atoms with Crippen LogP contribution in [0.2, 0.25) is 0 Å². The normalized spacial score (nSPS) is 18.5. The Morgan fingerprint density at radius 2 is 1.14 bits per heavy atom. The smallest absolute Gasteiger partial charge is 0.355 e. The van der Waals surface area contributed by atoms with Crippen molar-refractivity contribution in [1.82, 2.24) is 82.3 Å². The molecule has 0 bridgehead atoms. The first-order valence-corrected chi connectivity index (χ1v) is 51.1. The first-order valence-electron chi connectivity index (χ1n) is 50.0. The number of amides is 16. The number of carboxylic acids is 2. The van der Waals surface area contributed by atoms with Gasteiger partial charge in [0.15, 0.2) is 0 Å². The summed E-state index contributed by atoms with van der Waals surface area (Å²) in [6.07, 6.45) is 1.56. The highest BCUT2D eigenvalue weighted by atomic mass is 32.2. The number of primary amides is 1. The summed E-state index contributed by atoms with van der Waals surface area (Å²) in [5, 5.41) is 75.2. The quantitative estimate of drug-likeness (QED) is 0.0113. The molecule has 4 saturated heterocycles. The van der Waals surface area contributed by atoms with E-state index in [4.69, 9.17) is 49.6 Å². The summed E-state index contributed by atoms with van der Waals surface area (Å²) in [6.45, 7) is 4.84. The van der Waals surface area contributed by atoms with Crippen molar-refractivity contribution in [1.29, 1.82) is 0 Å². The fourth-order valence-corrected chi connectivity index (χ4v) is 19.5. The van der Waals surface area contributed by atoms with Gasteiger partial charge in [0.05, 0.1) is 93.7 Å². The number of phenolic OH excluding ortho intramolecular Hbond substituents is 1. The van der Waals surface area contributed by atoms with Crippen molar-refractivity contribution < 1.29 is 155 Å². The number of phenols is 1. The molecule has 4 fully saturated rings. The van der Waals surface area contributed by atoms with Crippen molar-refractivity contribution in [3.63, 3.8) is 0 Å². The van der Waals surface area contributed by atoms with Crippen LogP contribution in [0.1, 0.15) is 191 Å². The number of aliphatic hydroxyl groups is 2. The lowest BCUT2D eigenvalue weighted by molar-refractivity contribution is -0.189. The topological polar surface area (TPSA) is 727 Å². The third-order valence-corrected chi connectivity index (χ3v) is 27.3. The highest BCUT2D eigenvalue weighted by molar-refractivity contribution is 8.00. The largest absolute Gasteiger partial charge is 0.508 e. The maximum atomic E-state index is 14.5. The van der Waals surface area contributed by atoms with Gasteiger partial charge in [0.25, 0.3) is 5.56 Å². The standard InChI is InChI=1S/C96H138N18O33S/c1-5-57-58-44-56(118)24-25-62(58)104-82-59(57)48-114-73(82)45-61-60(90(114)135)51-146-95(140)96(61,6-2)147-81(127)47-101-84(129)63(18-11-13-31-99-76(120)52-144-42-38-141-7-3)103-77(121)53-145-43-41-143-40-39-142-37-32-100-75(119)23-9-8-14-33-113-78(122)46-74(94(113)139)148-54-69(83(98)128)109-86(131)64(26-28-79(123)124)105-85(130)65(27-29-80(125)126)106-88(133)71-21-16-35-111(71)93(138)72-22-17-36-112(72)92(137)68(50-116)108-87(132)67(49-115)107-89(134)70-20-15-34-110(70)91(136)66(102-55(4)117)19-10-12-30-97/h24-25,44-45,63-72,74,115-116,118H,5-23,26-43,46-54,97H2,1-4H3,(H2,98,128)(H,99,120)(H,100,119)(H,101,129)(H,102,117)(H,103,121)(H,105,130)(H,106,133)(H,107,134)(H,108,132)(H,109,131)(H,123,124)(H,125,126)/t63?,64-,65-,66-,67-,68-,69-,70-,71-,72-,74?,96-/m0/s1. The summed E-state index contributed by atoms with van der Waals surface area (Å²) in [6, 6.07) is -8.16. The van der Waals surface area contributed by atoms with Gasteiger partial charge < -0.3 is 143 Å². The van der Waals surface area contributed by atoms with Gasteiger partial charge in [0, 0.05) is 101 Å². The Labute approximate surface area is 856 Å². The molecule has 6 aliphatic heterocycles. The average Bonchev–Trinajstić information content (AvgIpc) is 1.52. The Morgan fingerprint density at radius 3 is 1.77 bits per heavy atom. The number of carbonyl (C=O) groups is 20. The van der Waals surface area contributed by atoms with E-state index < -0.39 is 248 Å². The maximum absolute atomic E-state index is 14.5. The van der Waals surface area contributed by atoms with Crippen LogP contribution in [0.3, 0.4) is 0 Å². The number of cyclic esters (lactones) is 1. The molecule has 2 unspecified atom stereocenters. The minimum absolute atomic E-state index is 0.00832. The van der Waals surface area contributed by atoms with E-state index in [1.54, 1.807) is 25.1 Å². The lowest BCUT2D eigenvalue weighted by Crippen LogP contribution is -2.61. The van der Waals surface area contributed by atoms with Crippen LogP contribution in [0.15, 0.2) is 29.1 Å². The number of aryl methyl sites for hydroxylation is 1. The molecule has 12 atom stereocenters. The number of aromatic nitrogens is 2. The molecule has 9 rings (SSSR count). The molecule has 2 aromatic heterocycles. The summed E-state index contributed by atoms with van der Waals surface area (Å²) < 4.78 is 40.2. The van der Waals surface area contributed by atoms with Crippen molar-refractivity contribution in [2.75, 3.05) is 137 Å². The number of unbranched alkanes of at least 4 members (excludes halogenated alkanes) is 4. The van der Waals surface area contributed by atoms with E-state index in [0.29, 0.717) is 94.5 Å². The van der Waals surface area contributed by atoms with Crippen LogP contribution in [0.4, 0.5) is 0 Å².